The van der Waals surface area contributed by atoms with Crippen molar-refractivity contribution in [3.8, 4) is 22.9 Å². The average molecular weight is 413 g/mol. The molecule has 3 aromatic rings. The first-order chi connectivity index (χ1) is 14.1. The molecule has 0 aliphatic carbocycles. The molecule has 0 aliphatic heterocycles. The fourth-order valence-electron chi connectivity index (χ4n) is 2.73. The first-order valence-corrected chi connectivity index (χ1v) is 9.74. The quantitative estimate of drug-likeness (QED) is 0.297. The molecule has 0 atom stereocenters. The van der Waals surface area contributed by atoms with Crippen LogP contribution in [0.15, 0.2) is 60.3 Å². The van der Waals surface area contributed by atoms with Crippen molar-refractivity contribution in [3.05, 3.63) is 66.5 Å². The van der Waals surface area contributed by atoms with Gasteiger partial charge in [-0.25, -0.2) is 4.39 Å². The lowest BCUT2D eigenvalue weighted by Crippen LogP contribution is -2.05. The van der Waals surface area contributed by atoms with Gasteiger partial charge in [0.1, 0.15) is 5.82 Å². The van der Waals surface area contributed by atoms with Gasteiger partial charge in [-0.05, 0) is 42.5 Å². The van der Waals surface area contributed by atoms with E-state index in [4.69, 9.17) is 9.47 Å². The molecular formula is C21H20FN3O3S. The molecule has 0 aliphatic rings. The summed E-state index contributed by atoms with van der Waals surface area (Å²) in [6.45, 7) is 4.27. The third-order valence-electron chi connectivity index (χ3n) is 4.17. The number of ketones is 1. The van der Waals surface area contributed by atoms with E-state index in [2.05, 4.69) is 16.8 Å². The number of hydrogen-bond donors (Lipinski definition) is 0. The second-order valence-corrected chi connectivity index (χ2v) is 6.94. The molecule has 0 spiro atoms. The van der Waals surface area contributed by atoms with E-state index in [1.54, 1.807) is 26.4 Å². The maximum absolute atomic E-state index is 13.0. The van der Waals surface area contributed by atoms with Crippen molar-refractivity contribution in [1.82, 2.24) is 14.8 Å². The van der Waals surface area contributed by atoms with Gasteiger partial charge in [-0.3, -0.25) is 9.36 Å². The highest BCUT2D eigenvalue weighted by Gasteiger charge is 2.17. The number of ether oxygens (including phenoxy) is 2. The molecule has 0 unspecified atom stereocenters. The molecule has 3 rings (SSSR count). The zero-order valence-corrected chi connectivity index (χ0v) is 16.9. The number of hydrogen-bond acceptors (Lipinski definition) is 6. The highest BCUT2D eigenvalue weighted by Crippen LogP contribution is 2.33. The van der Waals surface area contributed by atoms with Gasteiger partial charge in [0.05, 0.1) is 20.0 Å². The van der Waals surface area contributed by atoms with Crippen molar-refractivity contribution in [2.24, 2.45) is 0 Å². The Balaban J connectivity index is 1.84. The molecular weight excluding hydrogens is 393 g/mol. The second-order valence-electron chi connectivity index (χ2n) is 5.99. The summed E-state index contributed by atoms with van der Waals surface area (Å²) in [7, 11) is 3.14. The summed E-state index contributed by atoms with van der Waals surface area (Å²) in [5.41, 5.74) is 1.25. The number of halogens is 1. The van der Waals surface area contributed by atoms with Crippen LogP contribution < -0.4 is 9.47 Å². The average Bonchev–Trinajstić information content (AvgIpc) is 3.14. The zero-order chi connectivity index (χ0) is 20.8. The second kappa shape index (κ2) is 9.38. The van der Waals surface area contributed by atoms with Crippen LogP contribution in [0.2, 0.25) is 0 Å². The van der Waals surface area contributed by atoms with E-state index in [1.165, 1.54) is 36.0 Å². The molecule has 29 heavy (non-hydrogen) atoms. The Labute approximate surface area is 172 Å². The van der Waals surface area contributed by atoms with Crippen LogP contribution in [-0.4, -0.2) is 40.5 Å². The van der Waals surface area contributed by atoms with Crippen LogP contribution in [0.4, 0.5) is 4.39 Å². The Morgan fingerprint density at radius 1 is 1.14 bits per heavy atom. The van der Waals surface area contributed by atoms with Crippen molar-refractivity contribution < 1.29 is 18.7 Å². The van der Waals surface area contributed by atoms with Crippen LogP contribution in [-0.2, 0) is 6.54 Å². The molecule has 0 bridgehead atoms. The van der Waals surface area contributed by atoms with Crippen LogP contribution >= 0.6 is 11.8 Å². The van der Waals surface area contributed by atoms with E-state index in [1.807, 2.05) is 16.7 Å². The number of rotatable bonds is 9. The minimum absolute atomic E-state index is 0.115. The topological polar surface area (TPSA) is 66.2 Å². The molecule has 2 aromatic carbocycles. The van der Waals surface area contributed by atoms with Crippen LogP contribution in [0.25, 0.3) is 11.4 Å². The van der Waals surface area contributed by atoms with Gasteiger partial charge in [-0.2, -0.15) is 0 Å². The largest absolute Gasteiger partial charge is 0.493 e. The van der Waals surface area contributed by atoms with Crippen molar-refractivity contribution in [1.29, 1.82) is 0 Å². The fourth-order valence-corrected chi connectivity index (χ4v) is 3.57. The number of nitrogens with zero attached hydrogens (tertiary/aromatic N) is 3. The number of allylic oxidation sites excluding steroid dienone is 1. The number of thioether (sulfide) groups is 1. The predicted octanol–water partition coefficient (Wildman–Crippen LogP) is 4.26. The summed E-state index contributed by atoms with van der Waals surface area (Å²) in [5.74, 6) is 1.49. The third-order valence-corrected chi connectivity index (χ3v) is 5.14. The standard InChI is InChI=1S/C21H20FN3O3S/c1-4-11-25-20(15-7-10-18(27-2)19(12-15)28-3)23-24-21(25)29-13-17(26)14-5-8-16(22)9-6-14/h4-10,12H,1,11,13H2,2-3H3. The first kappa shape index (κ1) is 20.6. The van der Waals surface area contributed by atoms with Gasteiger partial charge >= 0.3 is 0 Å². The number of benzene rings is 2. The van der Waals surface area contributed by atoms with Crippen LogP contribution in [0, 0.1) is 5.82 Å². The number of carbonyl (C=O) groups excluding carboxylic acids is 1. The lowest BCUT2D eigenvalue weighted by Gasteiger charge is -2.11. The Bertz CT molecular complexity index is 1020. The SMILES string of the molecule is C=CCn1c(SCC(=O)c2ccc(F)cc2)nnc1-c1ccc(OC)c(OC)c1. The summed E-state index contributed by atoms with van der Waals surface area (Å²) < 4.78 is 25.5. The number of aromatic nitrogens is 3. The molecule has 0 N–H and O–H groups in total. The molecule has 1 aromatic heterocycles. The molecule has 0 amide bonds. The summed E-state index contributed by atoms with van der Waals surface area (Å²) in [5, 5.41) is 9.11. The Morgan fingerprint density at radius 2 is 1.86 bits per heavy atom. The number of carbonyl (C=O) groups is 1. The first-order valence-electron chi connectivity index (χ1n) is 8.75. The third kappa shape index (κ3) is 4.65. The zero-order valence-electron chi connectivity index (χ0n) is 16.1. The molecule has 0 saturated heterocycles. The number of methoxy groups -OCH3 is 2. The maximum atomic E-state index is 13.0. The minimum Gasteiger partial charge on any atom is -0.493 e. The Hall–Kier alpha value is -3.13. The molecule has 0 fully saturated rings. The lowest BCUT2D eigenvalue weighted by molar-refractivity contribution is 0.102. The maximum Gasteiger partial charge on any atom is 0.192 e. The summed E-state index contributed by atoms with van der Waals surface area (Å²) in [6, 6.07) is 11.0. The van der Waals surface area contributed by atoms with E-state index in [0.717, 1.165) is 5.56 Å². The van der Waals surface area contributed by atoms with Gasteiger partial charge in [-0.1, -0.05) is 17.8 Å². The van der Waals surface area contributed by atoms with Gasteiger partial charge in [0, 0.05) is 17.7 Å². The highest BCUT2D eigenvalue weighted by molar-refractivity contribution is 7.99. The normalized spacial score (nSPS) is 10.6. The van der Waals surface area contributed by atoms with Crippen molar-refractivity contribution >= 4 is 17.5 Å². The van der Waals surface area contributed by atoms with Crippen LogP contribution in [0.3, 0.4) is 0 Å². The van der Waals surface area contributed by atoms with Gasteiger partial charge in [-0.15, -0.1) is 16.8 Å². The molecule has 8 heteroatoms. The Kier molecular flexibility index (Phi) is 6.66. The summed E-state index contributed by atoms with van der Waals surface area (Å²) in [6.07, 6.45) is 1.74. The number of Topliss-reactive ketones (excluding diaryl/α,β-unsaturated/α-hetero) is 1. The van der Waals surface area contributed by atoms with Gasteiger partial charge < -0.3 is 9.47 Å². The molecule has 0 saturated carbocycles. The predicted molar refractivity (Wildman–Crippen MR) is 110 cm³/mol. The van der Waals surface area contributed by atoms with Crippen LogP contribution in [0.1, 0.15) is 10.4 Å². The highest BCUT2D eigenvalue weighted by atomic mass is 32.2. The van der Waals surface area contributed by atoms with Crippen molar-refractivity contribution in [3.63, 3.8) is 0 Å². The van der Waals surface area contributed by atoms with E-state index >= 15 is 0 Å². The summed E-state index contributed by atoms with van der Waals surface area (Å²) in [4.78, 5) is 12.4. The van der Waals surface area contributed by atoms with Gasteiger partial charge in [0.25, 0.3) is 0 Å². The fraction of sp³-hybridized carbons (Fsp3) is 0.190. The van der Waals surface area contributed by atoms with Crippen LogP contribution in [0.5, 0.6) is 11.5 Å². The monoisotopic (exact) mass is 413 g/mol. The van der Waals surface area contributed by atoms with Gasteiger partial charge in [0.15, 0.2) is 28.3 Å². The molecule has 0 radical (unpaired) electrons. The van der Waals surface area contributed by atoms with E-state index in [-0.39, 0.29) is 17.4 Å². The molecule has 1 heterocycles. The van der Waals surface area contributed by atoms with E-state index in [9.17, 15) is 9.18 Å². The van der Waals surface area contributed by atoms with Crippen molar-refractivity contribution in [2.45, 2.75) is 11.7 Å². The molecule has 6 nitrogen and oxygen atoms in total. The van der Waals surface area contributed by atoms with Crippen molar-refractivity contribution in [2.75, 3.05) is 20.0 Å². The molecule has 150 valence electrons. The van der Waals surface area contributed by atoms with E-state index in [0.29, 0.717) is 34.6 Å². The lowest BCUT2D eigenvalue weighted by atomic mass is 10.1. The Morgan fingerprint density at radius 3 is 2.52 bits per heavy atom. The minimum atomic E-state index is -0.375. The smallest absolute Gasteiger partial charge is 0.192 e. The summed E-state index contributed by atoms with van der Waals surface area (Å²) >= 11 is 1.27. The van der Waals surface area contributed by atoms with E-state index < -0.39 is 0 Å². The van der Waals surface area contributed by atoms with Gasteiger partial charge in [0.2, 0.25) is 0 Å².